The van der Waals surface area contributed by atoms with Gasteiger partial charge in [0.05, 0.1) is 34.7 Å². The van der Waals surface area contributed by atoms with Crippen LogP contribution >= 0.6 is 23.1 Å². The van der Waals surface area contributed by atoms with Crippen molar-refractivity contribution in [2.75, 3.05) is 62.2 Å². The Morgan fingerprint density at radius 1 is 1.06 bits per heavy atom. The molecule has 0 unspecified atom stereocenters. The lowest BCUT2D eigenvalue weighted by Crippen LogP contribution is -2.47. The fraction of sp³-hybridized carbons (Fsp3) is 0.375. The SMILES string of the molecule is C=Cc1cc(Nc2ncc(Br)c(Nc3ccc4nccnc4c3P(C)(C)=O)n2)c(OC)nc1N1CCC(N2CCCCOC2=O)CC1. The van der Waals surface area contributed by atoms with Crippen LogP contribution in [-0.4, -0.2) is 88.6 Å². The number of nitrogens with zero attached hydrogens (tertiary/aromatic N) is 7. The Hall–Kier alpha value is -4.29. The highest BCUT2D eigenvalue weighted by molar-refractivity contribution is 9.10. The average Bonchev–Trinajstić information content (AvgIpc) is 3.29. The zero-order chi connectivity index (χ0) is 33.1. The Morgan fingerprint density at radius 3 is 2.60 bits per heavy atom. The van der Waals surface area contributed by atoms with Crippen LogP contribution in [0.4, 0.5) is 33.8 Å². The van der Waals surface area contributed by atoms with E-state index in [1.54, 1.807) is 45.1 Å². The number of pyridine rings is 1. The van der Waals surface area contributed by atoms with Gasteiger partial charge in [0.15, 0.2) is 0 Å². The summed E-state index contributed by atoms with van der Waals surface area (Å²) >= 11 is 3.54. The van der Waals surface area contributed by atoms with E-state index in [0.717, 1.165) is 56.7 Å². The van der Waals surface area contributed by atoms with E-state index >= 15 is 0 Å². The van der Waals surface area contributed by atoms with E-state index in [0.29, 0.717) is 56.4 Å². The average molecular weight is 723 g/mol. The maximum absolute atomic E-state index is 13.4. The van der Waals surface area contributed by atoms with Gasteiger partial charge < -0.3 is 34.5 Å². The highest BCUT2D eigenvalue weighted by atomic mass is 79.9. The van der Waals surface area contributed by atoms with Crippen molar-refractivity contribution in [1.29, 1.82) is 0 Å². The standard InChI is InChI=1S/C32H37BrN9O4P/c1-5-20-18-25(30(45-2)40-29(20)41-15-10-21(11-16-41)42-14-6-7-17-46-32(42)43)38-31-36-19-22(33)28(39-31)37-24-9-8-23-26(35-13-12-34-23)27(24)47(3,4)44/h5,8-9,12-13,18-19,21H,1,6-7,10-11,14-17H2,2-4H3,(H2,36,37,38,39). The number of amides is 1. The Labute approximate surface area is 281 Å². The minimum absolute atomic E-state index is 0.143. The lowest BCUT2D eigenvalue weighted by Gasteiger charge is -2.38. The summed E-state index contributed by atoms with van der Waals surface area (Å²) in [6, 6.07) is 5.72. The molecule has 2 aliphatic heterocycles. The van der Waals surface area contributed by atoms with Crippen LogP contribution in [0.25, 0.3) is 17.1 Å². The number of methoxy groups -OCH3 is 1. The number of cyclic esters (lactones) is 1. The van der Waals surface area contributed by atoms with Crippen molar-refractivity contribution >= 4 is 80.5 Å². The number of hydrogen-bond acceptors (Lipinski definition) is 12. The van der Waals surface area contributed by atoms with Gasteiger partial charge in [0.25, 0.3) is 0 Å². The number of ether oxygens (including phenoxy) is 2. The third-order valence-corrected chi connectivity index (χ3v) is 10.4. The molecule has 0 saturated carbocycles. The fourth-order valence-electron chi connectivity index (χ4n) is 6.02. The number of benzene rings is 1. The summed E-state index contributed by atoms with van der Waals surface area (Å²) in [5.41, 5.74) is 3.24. The Bertz CT molecular complexity index is 1860. The lowest BCUT2D eigenvalue weighted by atomic mass is 10.0. The predicted octanol–water partition coefficient (Wildman–Crippen LogP) is 6.17. The van der Waals surface area contributed by atoms with Crippen LogP contribution in [0.15, 0.2) is 47.8 Å². The number of hydrogen-bond donors (Lipinski definition) is 2. The number of halogens is 1. The zero-order valence-corrected chi connectivity index (χ0v) is 29.1. The summed E-state index contributed by atoms with van der Waals surface area (Å²) in [7, 11) is -1.21. The van der Waals surface area contributed by atoms with E-state index in [2.05, 4.69) is 53.0 Å². The molecule has 13 nitrogen and oxygen atoms in total. The van der Waals surface area contributed by atoms with E-state index < -0.39 is 7.14 Å². The third kappa shape index (κ3) is 7.03. The molecule has 2 saturated heterocycles. The molecule has 246 valence electrons. The molecule has 2 aliphatic rings. The van der Waals surface area contributed by atoms with Crippen LogP contribution in [0.1, 0.15) is 31.2 Å². The highest BCUT2D eigenvalue weighted by Gasteiger charge is 2.31. The maximum Gasteiger partial charge on any atom is 0.410 e. The Morgan fingerprint density at radius 2 is 1.85 bits per heavy atom. The topological polar surface area (TPSA) is 148 Å². The Balaban J connectivity index is 1.23. The summed E-state index contributed by atoms with van der Waals surface area (Å²) in [5.74, 6) is 1.89. The third-order valence-electron chi connectivity index (χ3n) is 8.26. The molecule has 47 heavy (non-hydrogen) atoms. The number of piperidine rings is 1. The summed E-state index contributed by atoms with van der Waals surface area (Å²) in [4.78, 5) is 39.4. The van der Waals surface area contributed by atoms with E-state index in [9.17, 15) is 9.36 Å². The summed E-state index contributed by atoms with van der Waals surface area (Å²) in [6.07, 6.45) is 9.87. The summed E-state index contributed by atoms with van der Waals surface area (Å²) < 4.78 is 25.1. The largest absolute Gasteiger partial charge is 0.479 e. The molecule has 0 radical (unpaired) electrons. The number of carbonyl (C=O) groups is 1. The molecular formula is C32H37BrN9O4P. The molecule has 1 amide bonds. The van der Waals surface area contributed by atoms with Gasteiger partial charge in [-0.05, 0) is 73.1 Å². The number of nitrogens with one attached hydrogen (secondary N) is 2. The zero-order valence-electron chi connectivity index (χ0n) is 26.6. The molecular weight excluding hydrogens is 685 g/mol. The molecule has 6 rings (SSSR count). The second kappa shape index (κ2) is 13.8. The van der Waals surface area contributed by atoms with Gasteiger partial charge in [0, 0.05) is 49.8 Å². The first kappa shape index (κ1) is 32.6. The Kier molecular flexibility index (Phi) is 9.60. The number of carbonyl (C=O) groups excluding carboxylic acids is 1. The van der Waals surface area contributed by atoms with Gasteiger partial charge in [-0.1, -0.05) is 12.7 Å². The molecule has 0 bridgehead atoms. The predicted molar refractivity (Wildman–Crippen MR) is 188 cm³/mol. The van der Waals surface area contributed by atoms with Crippen molar-refractivity contribution in [2.45, 2.75) is 31.7 Å². The van der Waals surface area contributed by atoms with Gasteiger partial charge in [0.2, 0.25) is 11.8 Å². The van der Waals surface area contributed by atoms with Gasteiger partial charge in [-0.15, -0.1) is 0 Å². The molecule has 0 spiro atoms. The molecule has 2 fully saturated rings. The van der Waals surface area contributed by atoms with Crippen LogP contribution in [0.2, 0.25) is 0 Å². The molecule has 0 aliphatic carbocycles. The second-order valence-electron chi connectivity index (χ2n) is 11.8. The van der Waals surface area contributed by atoms with Crippen molar-refractivity contribution in [3.63, 3.8) is 0 Å². The molecule has 15 heteroatoms. The van der Waals surface area contributed by atoms with Crippen molar-refractivity contribution in [3.05, 3.63) is 53.4 Å². The van der Waals surface area contributed by atoms with Crippen molar-refractivity contribution in [1.82, 2.24) is 29.8 Å². The number of aromatic nitrogens is 5. The van der Waals surface area contributed by atoms with E-state index in [-0.39, 0.29) is 12.1 Å². The van der Waals surface area contributed by atoms with Gasteiger partial charge in [-0.3, -0.25) is 9.97 Å². The molecule has 0 atom stereocenters. The quantitative estimate of drug-likeness (QED) is 0.191. The van der Waals surface area contributed by atoms with E-state index in [1.807, 2.05) is 23.1 Å². The van der Waals surface area contributed by atoms with Crippen LogP contribution in [0.3, 0.4) is 0 Å². The van der Waals surface area contributed by atoms with Crippen LogP contribution in [0, 0.1) is 0 Å². The van der Waals surface area contributed by atoms with Crippen molar-refractivity contribution in [3.8, 4) is 5.88 Å². The molecule has 1 aromatic carbocycles. The fourth-order valence-corrected chi connectivity index (χ4v) is 7.70. The first-order valence-corrected chi connectivity index (χ1v) is 18.8. The van der Waals surface area contributed by atoms with Gasteiger partial charge in [0.1, 0.15) is 30.0 Å². The highest BCUT2D eigenvalue weighted by Crippen LogP contribution is 2.41. The number of fused-ring (bicyclic) bond motifs is 1. The van der Waals surface area contributed by atoms with E-state index in [1.165, 1.54) is 0 Å². The summed E-state index contributed by atoms with van der Waals surface area (Å²) in [6.45, 7) is 10.1. The smallest absolute Gasteiger partial charge is 0.410 e. The van der Waals surface area contributed by atoms with E-state index in [4.69, 9.17) is 19.4 Å². The second-order valence-corrected chi connectivity index (χ2v) is 15.8. The first-order chi connectivity index (χ1) is 22.7. The first-order valence-electron chi connectivity index (χ1n) is 15.4. The minimum atomic E-state index is -2.77. The van der Waals surface area contributed by atoms with Crippen LogP contribution < -0.4 is 25.6 Å². The number of anilines is 5. The van der Waals surface area contributed by atoms with Gasteiger partial charge >= 0.3 is 6.09 Å². The van der Waals surface area contributed by atoms with Gasteiger partial charge in [-0.25, -0.2) is 9.78 Å². The van der Waals surface area contributed by atoms with Crippen LogP contribution in [0.5, 0.6) is 5.88 Å². The van der Waals surface area contributed by atoms with Gasteiger partial charge in [-0.2, -0.15) is 9.97 Å². The molecule has 3 aromatic heterocycles. The monoisotopic (exact) mass is 721 g/mol. The minimum Gasteiger partial charge on any atom is -0.479 e. The normalized spacial score (nSPS) is 16.0. The summed E-state index contributed by atoms with van der Waals surface area (Å²) in [5, 5.41) is 7.16. The van der Waals surface area contributed by atoms with Crippen molar-refractivity contribution in [2.24, 2.45) is 0 Å². The molecule has 2 N–H and O–H groups in total. The molecule has 5 heterocycles. The lowest BCUT2D eigenvalue weighted by molar-refractivity contribution is 0.0945. The number of rotatable bonds is 9. The van der Waals surface area contributed by atoms with Crippen LogP contribution in [-0.2, 0) is 9.30 Å². The molecule has 4 aromatic rings. The maximum atomic E-state index is 13.4. The van der Waals surface area contributed by atoms with Crippen molar-refractivity contribution < 1.29 is 18.8 Å².